The molecule has 0 bridgehead atoms. The summed E-state index contributed by atoms with van der Waals surface area (Å²) in [6.45, 7) is 3.95. The fraction of sp³-hybridized carbons (Fsp3) is 0.667. The summed E-state index contributed by atoms with van der Waals surface area (Å²) in [7, 11) is 1.45. The van der Waals surface area contributed by atoms with Crippen molar-refractivity contribution in [2.75, 3.05) is 19.0 Å². The van der Waals surface area contributed by atoms with Crippen molar-refractivity contribution < 1.29 is 9.84 Å². The smallest absolute Gasteiger partial charge is 0.322 e. The highest BCUT2D eigenvalue weighted by molar-refractivity contribution is 6.28. The maximum atomic E-state index is 9.16. The number of anilines is 1. The number of methoxy groups -OCH3 is 1. The van der Waals surface area contributed by atoms with Crippen LogP contribution >= 0.6 is 11.6 Å². The van der Waals surface area contributed by atoms with Gasteiger partial charge in [0.15, 0.2) is 0 Å². The summed E-state index contributed by atoms with van der Waals surface area (Å²) in [5.74, 6) is 0.538. The van der Waals surface area contributed by atoms with Crippen LogP contribution in [0.3, 0.4) is 0 Å². The molecule has 0 aliphatic carbocycles. The molecule has 1 atom stereocenters. The summed E-state index contributed by atoms with van der Waals surface area (Å²) in [4.78, 5) is 11.6. The first-order valence-corrected chi connectivity index (χ1v) is 5.27. The molecule has 6 nitrogen and oxygen atoms in total. The molecule has 1 heterocycles. The topological polar surface area (TPSA) is 80.2 Å². The van der Waals surface area contributed by atoms with E-state index < -0.39 is 0 Å². The Balaban J connectivity index is 2.83. The Kier molecular flexibility index (Phi) is 4.70. The molecule has 0 unspecified atom stereocenters. The minimum atomic E-state index is -0.136. The van der Waals surface area contributed by atoms with Crippen molar-refractivity contribution >= 4 is 17.5 Å². The summed E-state index contributed by atoms with van der Waals surface area (Å²) in [5, 5.41) is 12.2. The molecule has 90 valence electrons. The zero-order valence-corrected chi connectivity index (χ0v) is 10.2. The van der Waals surface area contributed by atoms with E-state index in [1.807, 2.05) is 13.8 Å². The number of ether oxygens (including phenoxy) is 1. The molecule has 0 spiro atoms. The van der Waals surface area contributed by atoms with Crippen LogP contribution in [0.4, 0.5) is 5.95 Å². The number of hydrogen-bond donors (Lipinski definition) is 2. The molecule has 0 fully saturated rings. The van der Waals surface area contributed by atoms with Gasteiger partial charge >= 0.3 is 6.01 Å². The summed E-state index contributed by atoms with van der Waals surface area (Å²) < 4.78 is 4.86. The Morgan fingerprint density at radius 2 is 2.06 bits per heavy atom. The SMILES string of the molecule is COc1nc(Cl)nc(N[C@H](CO)C(C)C)n1. The number of nitrogens with one attached hydrogen (secondary N) is 1. The predicted octanol–water partition coefficient (Wildman–Crippen LogP) is 0.962. The Morgan fingerprint density at radius 3 is 2.56 bits per heavy atom. The number of aliphatic hydroxyl groups excluding tert-OH is 1. The van der Waals surface area contributed by atoms with Crippen LogP contribution in [0.15, 0.2) is 0 Å². The van der Waals surface area contributed by atoms with Crippen LogP contribution in [0.1, 0.15) is 13.8 Å². The molecule has 1 aromatic heterocycles. The van der Waals surface area contributed by atoms with E-state index in [-0.39, 0.29) is 29.9 Å². The Labute approximate surface area is 99.0 Å². The molecule has 0 radical (unpaired) electrons. The number of rotatable bonds is 5. The lowest BCUT2D eigenvalue weighted by Crippen LogP contribution is -2.30. The van der Waals surface area contributed by atoms with Gasteiger partial charge in [0.05, 0.1) is 19.8 Å². The molecule has 0 saturated heterocycles. The van der Waals surface area contributed by atoms with Crippen molar-refractivity contribution in [3.05, 3.63) is 5.28 Å². The lowest BCUT2D eigenvalue weighted by atomic mass is 10.1. The quantitative estimate of drug-likeness (QED) is 0.806. The van der Waals surface area contributed by atoms with Crippen molar-refractivity contribution in [2.24, 2.45) is 5.92 Å². The highest BCUT2D eigenvalue weighted by Crippen LogP contribution is 2.13. The van der Waals surface area contributed by atoms with E-state index in [2.05, 4.69) is 20.3 Å². The van der Waals surface area contributed by atoms with Gasteiger partial charge in [-0.1, -0.05) is 13.8 Å². The highest BCUT2D eigenvalue weighted by Gasteiger charge is 2.14. The maximum Gasteiger partial charge on any atom is 0.322 e. The van der Waals surface area contributed by atoms with E-state index in [9.17, 15) is 0 Å². The Hall–Kier alpha value is -1.14. The van der Waals surface area contributed by atoms with E-state index in [0.717, 1.165) is 0 Å². The number of aliphatic hydroxyl groups is 1. The fourth-order valence-electron chi connectivity index (χ4n) is 1.08. The van der Waals surface area contributed by atoms with Crippen molar-refractivity contribution in [1.29, 1.82) is 0 Å². The second kappa shape index (κ2) is 5.81. The number of hydrogen-bond acceptors (Lipinski definition) is 6. The van der Waals surface area contributed by atoms with Crippen LogP contribution in [-0.4, -0.2) is 39.8 Å². The number of nitrogens with zero attached hydrogens (tertiary/aromatic N) is 3. The molecule has 0 aromatic carbocycles. The van der Waals surface area contributed by atoms with Gasteiger partial charge in [-0.3, -0.25) is 0 Å². The molecule has 0 amide bonds. The van der Waals surface area contributed by atoms with Crippen LogP contribution in [0.2, 0.25) is 5.28 Å². The van der Waals surface area contributed by atoms with Crippen LogP contribution < -0.4 is 10.1 Å². The third-order valence-electron chi connectivity index (χ3n) is 2.09. The molecule has 1 aromatic rings. The van der Waals surface area contributed by atoms with E-state index in [0.29, 0.717) is 5.95 Å². The first kappa shape index (κ1) is 12.9. The average Bonchev–Trinajstić information content (AvgIpc) is 2.24. The van der Waals surface area contributed by atoms with Gasteiger partial charge in [-0.2, -0.15) is 15.0 Å². The summed E-state index contributed by atoms with van der Waals surface area (Å²) in [5.41, 5.74) is 0. The minimum Gasteiger partial charge on any atom is -0.467 e. The average molecular weight is 247 g/mol. The third kappa shape index (κ3) is 3.46. The second-order valence-corrected chi connectivity index (χ2v) is 3.93. The molecule has 0 aliphatic rings. The van der Waals surface area contributed by atoms with Crippen molar-refractivity contribution in [3.63, 3.8) is 0 Å². The van der Waals surface area contributed by atoms with E-state index >= 15 is 0 Å². The van der Waals surface area contributed by atoms with Gasteiger partial charge in [0.25, 0.3) is 0 Å². The largest absolute Gasteiger partial charge is 0.467 e. The predicted molar refractivity (Wildman–Crippen MR) is 60.7 cm³/mol. The van der Waals surface area contributed by atoms with Gasteiger partial charge in [0.1, 0.15) is 0 Å². The fourth-order valence-corrected chi connectivity index (χ4v) is 1.23. The van der Waals surface area contributed by atoms with Gasteiger partial charge in [-0.05, 0) is 17.5 Å². The normalized spacial score (nSPS) is 12.6. The van der Waals surface area contributed by atoms with Gasteiger partial charge in [-0.25, -0.2) is 0 Å². The van der Waals surface area contributed by atoms with Gasteiger partial charge in [0.2, 0.25) is 11.2 Å². The lowest BCUT2D eigenvalue weighted by molar-refractivity contribution is 0.248. The van der Waals surface area contributed by atoms with Crippen molar-refractivity contribution in [3.8, 4) is 6.01 Å². The minimum absolute atomic E-state index is 0.0106. The molecular weight excluding hydrogens is 232 g/mol. The molecule has 2 N–H and O–H groups in total. The molecular formula is C9H15ClN4O2. The van der Waals surface area contributed by atoms with Crippen LogP contribution in [-0.2, 0) is 0 Å². The monoisotopic (exact) mass is 246 g/mol. The Bertz CT molecular complexity index is 348. The van der Waals surface area contributed by atoms with Crippen LogP contribution in [0.25, 0.3) is 0 Å². The van der Waals surface area contributed by atoms with Crippen molar-refractivity contribution in [1.82, 2.24) is 15.0 Å². The first-order valence-electron chi connectivity index (χ1n) is 4.89. The van der Waals surface area contributed by atoms with Crippen LogP contribution in [0.5, 0.6) is 6.01 Å². The van der Waals surface area contributed by atoms with Crippen molar-refractivity contribution in [2.45, 2.75) is 19.9 Å². The third-order valence-corrected chi connectivity index (χ3v) is 2.26. The molecule has 1 rings (SSSR count). The second-order valence-electron chi connectivity index (χ2n) is 3.59. The van der Waals surface area contributed by atoms with E-state index in [1.54, 1.807) is 0 Å². The standard InChI is InChI=1S/C9H15ClN4O2/c1-5(2)6(4-15)11-8-12-7(10)13-9(14-8)16-3/h5-6,15H,4H2,1-3H3,(H,11,12,13,14)/t6-/m1/s1. The molecule has 0 aliphatic heterocycles. The summed E-state index contributed by atoms with van der Waals surface area (Å²) in [6, 6.07) is 0.00567. The zero-order valence-electron chi connectivity index (χ0n) is 9.44. The van der Waals surface area contributed by atoms with Crippen LogP contribution in [0, 0.1) is 5.92 Å². The summed E-state index contributed by atoms with van der Waals surface area (Å²) in [6.07, 6.45) is 0. The Morgan fingerprint density at radius 1 is 1.38 bits per heavy atom. The van der Waals surface area contributed by atoms with E-state index in [1.165, 1.54) is 7.11 Å². The van der Waals surface area contributed by atoms with Gasteiger partial charge in [0, 0.05) is 0 Å². The highest BCUT2D eigenvalue weighted by atomic mass is 35.5. The summed E-state index contributed by atoms with van der Waals surface area (Å²) >= 11 is 5.69. The maximum absolute atomic E-state index is 9.16. The van der Waals surface area contributed by atoms with Gasteiger partial charge in [-0.15, -0.1) is 0 Å². The van der Waals surface area contributed by atoms with E-state index in [4.69, 9.17) is 21.4 Å². The zero-order chi connectivity index (χ0) is 12.1. The molecule has 7 heteroatoms. The number of aromatic nitrogens is 3. The number of halogens is 1. The molecule has 16 heavy (non-hydrogen) atoms. The van der Waals surface area contributed by atoms with Gasteiger partial charge < -0.3 is 15.2 Å². The lowest BCUT2D eigenvalue weighted by Gasteiger charge is -2.19. The first-order chi connectivity index (χ1) is 7.56. The molecule has 0 saturated carbocycles.